The molecule has 0 fully saturated rings. The molecule has 4 nitrogen and oxygen atoms in total. The highest BCUT2D eigenvalue weighted by Crippen LogP contribution is 2.25. The lowest BCUT2D eigenvalue weighted by atomic mass is 10.2. The van der Waals surface area contributed by atoms with Gasteiger partial charge in [0.15, 0.2) is 0 Å². The van der Waals surface area contributed by atoms with Crippen LogP contribution in [0.1, 0.15) is 15.9 Å². The summed E-state index contributed by atoms with van der Waals surface area (Å²) >= 11 is 0. The fourth-order valence-electron chi connectivity index (χ4n) is 1.68. The average molecular weight is 242 g/mol. The maximum atomic E-state index is 11.1. The first-order chi connectivity index (χ1) is 8.54. The Morgan fingerprint density at radius 1 is 1.11 bits per heavy atom. The lowest BCUT2D eigenvalue weighted by molar-refractivity contribution is 0.1000. The van der Waals surface area contributed by atoms with Gasteiger partial charge in [-0.15, -0.1) is 0 Å². The fourth-order valence-corrected chi connectivity index (χ4v) is 1.68. The third kappa shape index (κ3) is 2.79. The van der Waals surface area contributed by atoms with Gasteiger partial charge in [-0.1, -0.05) is 6.07 Å². The Kier molecular flexibility index (Phi) is 3.19. The van der Waals surface area contributed by atoms with Crippen LogP contribution in [0.2, 0.25) is 0 Å². The number of amides is 1. The minimum absolute atomic E-state index is 0.410. The van der Waals surface area contributed by atoms with Gasteiger partial charge in [-0.25, -0.2) is 0 Å². The molecule has 2 rings (SSSR count). The van der Waals surface area contributed by atoms with Crippen LogP contribution in [0.3, 0.4) is 0 Å². The van der Waals surface area contributed by atoms with Crippen molar-refractivity contribution >= 4 is 11.6 Å². The summed E-state index contributed by atoms with van der Waals surface area (Å²) < 4.78 is 5.64. The Bertz CT molecular complexity index is 574. The number of aryl methyl sites for hydroxylation is 1. The van der Waals surface area contributed by atoms with Gasteiger partial charge in [-0.3, -0.25) is 4.79 Å². The lowest BCUT2D eigenvalue weighted by Gasteiger charge is -2.08. The molecule has 0 atom stereocenters. The zero-order chi connectivity index (χ0) is 13.1. The summed E-state index contributed by atoms with van der Waals surface area (Å²) in [6.07, 6.45) is 0. The third-order valence-electron chi connectivity index (χ3n) is 2.43. The summed E-state index contributed by atoms with van der Waals surface area (Å²) in [6, 6.07) is 12.2. The number of nitrogens with two attached hydrogens (primary N) is 2. The van der Waals surface area contributed by atoms with E-state index < -0.39 is 5.91 Å². The highest BCUT2D eigenvalue weighted by Gasteiger charge is 2.04. The van der Waals surface area contributed by atoms with Crippen LogP contribution >= 0.6 is 0 Å². The fraction of sp³-hybridized carbons (Fsp3) is 0.0714. The van der Waals surface area contributed by atoms with E-state index in [1.165, 1.54) is 0 Å². The molecule has 4 heteroatoms. The highest BCUT2D eigenvalue weighted by atomic mass is 16.5. The Morgan fingerprint density at radius 2 is 1.89 bits per heavy atom. The topological polar surface area (TPSA) is 78.3 Å². The SMILES string of the molecule is Cc1cc(N)cc(Oc2cccc(C(N)=O)c2)c1. The van der Waals surface area contributed by atoms with Crippen molar-refractivity contribution in [2.45, 2.75) is 6.92 Å². The molecule has 0 aliphatic heterocycles. The van der Waals surface area contributed by atoms with Gasteiger partial charge < -0.3 is 16.2 Å². The normalized spacial score (nSPS) is 10.1. The molecular weight excluding hydrogens is 228 g/mol. The van der Waals surface area contributed by atoms with Gasteiger partial charge in [0, 0.05) is 17.3 Å². The van der Waals surface area contributed by atoms with Crippen molar-refractivity contribution in [1.29, 1.82) is 0 Å². The largest absolute Gasteiger partial charge is 0.457 e. The van der Waals surface area contributed by atoms with Crippen LogP contribution < -0.4 is 16.2 Å². The molecule has 2 aromatic rings. The molecule has 2 aromatic carbocycles. The van der Waals surface area contributed by atoms with E-state index in [0.29, 0.717) is 22.7 Å². The number of hydrogen-bond acceptors (Lipinski definition) is 3. The number of nitrogen functional groups attached to an aromatic ring is 1. The van der Waals surface area contributed by atoms with Gasteiger partial charge in [0.1, 0.15) is 11.5 Å². The number of rotatable bonds is 3. The van der Waals surface area contributed by atoms with Crippen LogP contribution in [0.15, 0.2) is 42.5 Å². The summed E-state index contributed by atoms with van der Waals surface area (Å²) in [5.74, 6) is 0.703. The maximum absolute atomic E-state index is 11.1. The van der Waals surface area contributed by atoms with Gasteiger partial charge in [-0.05, 0) is 42.8 Å². The predicted octanol–water partition coefficient (Wildman–Crippen LogP) is 2.47. The first kappa shape index (κ1) is 12.0. The molecule has 0 heterocycles. The van der Waals surface area contributed by atoms with Gasteiger partial charge in [0.2, 0.25) is 5.91 Å². The van der Waals surface area contributed by atoms with Crippen molar-refractivity contribution in [3.05, 3.63) is 53.6 Å². The predicted molar refractivity (Wildman–Crippen MR) is 70.6 cm³/mol. The van der Waals surface area contributed by atoms with Gasteiger partial charge in [0.25, 0.3) is 0 Å². The second-order valence-electron chi connectivity index (χ2n) is 4.07. The first-order valence-electron chi connectivity index (χ1n) is 5.49. The van der Waals surface area contributed by atoms with Crippen molar-refractivity contribution in [2.24, 2.45) is 5.73 Å². The van der Waals surface area contributed by atoms with E-state index in [9.17, 15) is 4.79 Å². The van der Waals surface area contributed by atoms with Gasteiger partial charge in [0.05, 0.1) is 0 Å². The molecule has 0 bridgehead atoms. The van der Waals surface area contributed by atoms with E-state index in [-0.39, 0.29) is 0 Å². The van der Waals surface area contributed by atoms with Gasteiger partial charge >= 0.3 is 0 Å². The zero-order valence-corrected chi connectivity index (χ0v) is 10.0. The smallest absolute Gasteiger partial charge is 0.248 e. The number of carbonyl (C=O) groups is 1. The number of primary amides is 1. The second-order valence-corrected chi connectivity index (χ2v) is 4.07. The molecule has 0 aliphatic carbocycles. The lowest BCUT2D eigenvalue weighted by Crippen LogP contribution is -2.10. The summed E-state index contributed by atoms with van der Waals surface area (Å²) in [6.45, 7) is 1.93. The summed E-state index contributed by atoms with van der Waals surface area (Å²) in [4.78, 5) is 11.1. The molecule has 0 aliphatic rings. The Morgan fingerprint density at radius 3 is 2.56 bits per heavy atom. The Hall–Kier alpha value is -2.49. The van der Waals surface area contributed by atoms with Crippen molar-refractivity contribution < 1.29 is 9.53 Å². The van der Waals surface area contributed by atoms with Crippen molar-refractivity contribution in [3.8, 4) is 11.5 Å². The van der Waals surface area contributed by atoms with Crippen LogP contribution in [0.5, 0.6) is 11.5 Å². The molecule has 0 spiro atoms. The van der Waals surface area contributed by atoms with E-state index >= 15 is 0 Å². The van der Waals surface area contributed by atoms with Crippen LogP contribution in [-0.4, -0.2) is 5.91 Å². The zero-order valence-electron chi connectivity index (χ0n) is 10.0. The third-order valence-corrected chi connectivity index (χ3v) is 2.43. The molecule has 4 N–H and O–H groups in total. The summed E-state index contributed by atoms with van der Waals surface area (Å²) in [5, 5.41) is 0. The summed E-state index contributed by atoms with van der Waals surface area (Å²) in [7, 11) is 0. The highest BCUT2D eigenvalue weighted by molar-refractivity contribution is 5.93. The molecule has 18 heavy (non-hydrogen) atoms. The first-order valence-corrected chi connectivity index (χ1v) is 5.49. The van der Waals surface area contributed by atoms with Crippen LogP contribution in [0.25, 0.3) is 0 Å². The minimum atomic E-state index is -0.482. The van der Waals surface area contributed by atoms with E-state index in [1.54, 1.807) is 30.3 Å². The number of benzene rings is 2. The number of hydrogen-bond donors (Lipinski definition) is 2. The Balaban J connectivity index is 2.28. The molecule has 0 saturated heterocycles. The average Bonchev–Trinajstić information content (AvgIpc) is 2.27. The monoisotopic (exact) mass is 242 g/mol. The quantitative estimate of drug-likeness (QED) is 0.811. The number of anilines is 1. The minimum Gasteiger partial charge on any atom is -0.457 e. The Labute approximate surface area is 105 Å². The standard InChI is InChI=1S/C14H14N2O2/c1-9-5-11(15)8-13(6-9)18-12-4-2-3-10(7-12)14(16)17/h2-8H,15H2,1H3,(H2,16,17). The van der Waals surface area contributed by atoms with Crippen LogP contribution in [-0.2, 0) is 0 Å². The van der Waals surface area contributed by atoms with E-state index in [4.69, 9.17) is 16.2 Å². The molecular formula is C14H14N2O2. The molecule has 0 unspecified atom stereocenters. The molecule has 1 amide bonds. The van der Waals surface area contributed by atoms with Crippen LogP contribution in [0.4, 0.5) is 5.69 Å². The molecule has 92 valence electrons. The van der Waals surface area contributed by atoms with Gasteiger partial charge in [-0.2, -0.15) is 0 Å². The number of carbonyl (C=O) groups excluding carboxylic acids is 1. The van der Waals surface area contributed by atoms with E-state index in [2.05, 4.69) is 0 Å². The second kappa shape index (κ2) is 4.79. The van der Waals surface area contributed by atoms with E-state index in [1.807, 2.05) is 19.1 Å². The van der Waals surface area contributed by atoms with E-state index in [0.717, 1.165) is 5.56 Å². The molecule has 0 aromatic heterocycles. The van der Waals surface area contributed by atoms with Crippen LogP contribution in [0, 0.1) is 6.92 Å². The maximum Gasteiger partial charge on any atom is 0.248 e. The molecule has 0 radical (unpaired) electrons. The number of ether oxygens (including phenoxy) is 1. The molecule has 0 saturated carbocycles. The van der Waals surface area contributed by atoms with Crippen molar-refractivity contribution in [3.63, 3.8) is 0 Å². The van der Waals surface area contributed by atoms with Crippen molar-refractivity contribution in [2.75, 3.05) is 5.73 Å². The van der Waals surface area contributed by atoms with Crippen molar-refractivity contribution in [1.82, 2.24) is 0 Å². The summed E-state index contributed by atoms with van der Waals surface area (Å²) in [5.41, 5.74) is 13.0.